The Morgan fingerprint density at radius 3 is 2.58 bits per heavy atom. The number of carbonyl (C=O) groups excluding carboxylic acids is 1. The second-order valence-electron chi connectivity index (χ2n) is 11.0. The number of aliphatic hydroxyl groups is 2. The molecular formula is C26H38N8O4. The summed E-state index contributed by atoms with van der Waals surface area (Å²) in [6, 6.07) is 7.51. The SMILES string of the molecule is CC(CCN(C)C[C@H]1O[C@@H](n2cnc3c(N)ncnc32)[C@H](O)[C@@H]1O)NC(=O)Nc1ccc(C(C)(C)C)cc1. The highest BCUT2D eigenvalue weighted by Crippen LogP contribution is 2.32. The van der Waals surface area contributed by atoms with E-state index in [2.05, 4.69) is 46.4 Å². The van der Waals surface area contributed by atoms with E-state index in [9.17, 15) is 15.0 Å². The van der Waals surface area contributed by atoms with Gasteiger partial charge in [-0.25, -0.2) is 19.7 Å². The van der Waals surface area contributed by atoms with Gasteiger partial charge in [0, 0.05) is 18.3 Å². The summed E-state index contributed by atoms with van der Waals surface area (Å²) in [4.78, 5) is 26.7. The Bertz CT molecular complexity index is 1240. The number of urea groups is 1. The summed E-state index contributed by atoms with van der Waals surface area (Å²) in [6.07, 6.45) is -0.265. The third kappa shape index (κ3) is 6.21. The van der Waals surface area contributed by atoms with Crippen molar-refractivity contribution >= 4 is 28.7 Å². The van der Waals surface area contributed by atoms with Crippen LogP contribution in [0.5, 0.6) is 0 Å². The summed E-state index contributed by atoms with van der Waals surface area (Å²) in [6.45, 7) is 9.41. The number of imidazole rings is 1. The number of hydrogen-bond acceptors (Lipinski definition) is 9. The summed E-state index contributed by atoms with van der Waals surface area (Å²) < 4.78 is 7.57. The molecule has 0 aliphatic carbocycles. The Balaban J connectivity index is 1.25. The molecule has 5 atom stereocenters. The minimum Gasteiger partial charge on any atom is -0.387 e. The van der Waals surface area contributed by atoms with Crippen LogP contribution in [0.3, 0.4) is 0 Å². The molecule has 4 rings (SSSR count). The minimum absolute atomic E-state index is 0.0528. The third-order valence-electron chi connectivity index (χ3n) is 6.82. The number of hydrogen-bond donors (Lipinski definition) is 5. The second-order valence-corrected chi connectivity index (χ2v) is 11.0. The highest BCUT2D eigenvalue weighted by Gasteiger charge is 2.44. The van der Waals surface area contributed by atoms with Crippen LogP contribution in [0.4, 0.5) is 16.3 Å². The Morgan fingerprint density at radius 1 is 1.18 bits per heavy atom. The second kappa shape index (κ2) is 11.2. The van der Waals surface area contributed by atoms with Gasteiger partial charge in [0.2, 0.25) is 0 Å². The van der Waals surface area contributed by atoms with Gasteiger partial charge in [-0.15, -0.1) is 0 Å². The molecule has 1 aliphatic heterocycles. The molecule has 6 N–H and O–H groups in total. The maximum atomic E-state index is 12.4. The number of benzene rings is 1. The lowest BCUT2D eigenvalue weighted by Crippen LogP contribution is -2.41. The fourth-order valence-corrected chi connectivity index (χ4v) is 4.50. The van der Waals surface area contributed by atoms with Gasteiger partial charge in [0.25, 0.3) is 0 Å². The first-order valence-electron chi connectivity index (χ1n) is 12.7. The Kier molecular flexibility index (Phi) is 8.16. The van der Waals surface area contributed by atoms with Crippen molar-refractivity contribution in [2.75, 3.05) is 31.2 Å². The quantitative estimate of drug-likeness (QED) is 0.295. The number of nitrogens with two attached hydrogens (primary N) is 1. The highest BCUT2D eigenvalue weighted by atomic mass is 16.6. The summed E-state index contributed by atoms with van der Waals surface area (Å²) in [5.74, 6) is 0.230. The molecule has 0 bridgehead atoms. The monoisotopic (exact) mass is 526 g/mol. The molecule has 2 amide bonds. The molecule has 206 valence electrons. The number of fused-ring (bicyclic) bond motifs is 1. The Morgan fingerprint density at radius 2 is 1.89 bits per heavy atom. The van der Waals surface area contributed by atoms with E-state index in [0.29, 0.717) is 30.7 Å². The third-order valence-corrected chi connectivity index (χ3v) is 6.82. The van der Waals surface area contributed by atoms with E-state index < -0.39 is 24.5 Å². The van der Waals surface area contributed by atoms with Gasteiger partial charge in [-0.2, -0.15) is 0 Å². The van der Waals surface area contributed by atoms with Crippen LogP contribution in [0.25, 0.3) is 11.2 Å². The molecule has 1 unspecified atom stereocenters. The van der Waals surface area contributed by atoms with Crippen LogP contribution in [0, 0.1) is 0 Å². The highest BCUT2D eigenvalue weighted by molar-refractivity contribution is 5.89. The van der Waals surface area contributed by atoms with Crippen molar-refractivity contribution in [3.63, 3.8) is 0 Å². The van der Waals surface area contributed by atoms with Crippen molar-refractivity contribution in [2.45, 2.75) is 70.1 Å². The molecule has 2 aromatic heterocycles. The number of rotatable bonds is 8. The summed E-state index contributed by atoms with van der Waals surface area (Å²) in [5, 5.41) is 27.1. The van der Waals surface area contributed by atoms with Crippen LogP contribution in [0.2, 0.25) is 0 Å². The van der Waals surface area contributed by atoms with E-state index in [0.717, 1.165) is 5.69 Å². The minimum atomic E-state index is -1.16. The van der Waals surface area contributed by atoms with E-state index in [-0.39, 0.29) is 23.3 Å². The molecule has 12 heteroatoms. The zero-order valence-electron chi connectivity index (χ0n) is 22.5. The number of aliphatic hydroxyl groups excluding tert-OH is 2. The summed E-state index contributed by atoms with van der Waals surface area (Å²) in [5.41, 5.74) is 8.67. The average Bonchev–Trinajstić information content (AvgIpc) is 3.40. The molecule has 38 heavy (non-hydrogen) atoms. The summed E-state index contributed by atoms with van der Waals surface area (Å²) in [7, 11) is 1.90. The lowest BCUT2D eigenvalue weighted by Gasteiger charge is -2.24. The first kappa shape index (κ1) is 27.7. The van der Waals surface area contributed by atoms with Gasteiger partial charge in [0.1, 0.15) is 30.2 Å². The van der Waals surface area contributed by atoms with E-state index in [1.165, 1.54) is 18.2 Å². The van der Waals surface area contributed by atoms with E-state index in [1.807, 2.05) is 43.1 Å². The van der Waals surface area contributed by atoms with Crippen LogP contribution in [0.15, 0.2) is 36.9 Å². The van der Waals surface area contributed by atoms with Gasteiger partial charge >= 0.3 is 6.03 Å². The van der Waals surface area contributed by atoms with Crippen LogP contribution in [-0.2, 0) is 10.2 Å². The summed E-state index contributed by atoms with van der Waals surface area (Å²) >= 11 is 0. The Hall–Kier alpha value is -3.32. The molecule has 1 fully saturated rings. The Labute approximate surface area is 222 Å². The van der Waals surface area contributed by atoms with Crippen molar-refractivity contribution in [1.82, 2.24) is 29.7 Å². The number of nitrogens with zero attached hydrogens (tertiary/aromatic N) is 5. The molecule has 3 aromatic rings. The van der Waals surface area contributed by atoms with E-state index >= 15 is 0 Å². The van der Waals surface area contributed by atoms with Crippen molar-refractivity contribution < 1.29 is 19.7 Å². The maximum absolute atomic E-state index is 12.4. The van der Waals surface area contributed by atoms with Crippen molar-refractivity contribution in [3.8, 4) is 0 Å². The van der Waals surface area contributed by atoms with Crippen LogP contribution in [0.1, 0.15) is 45.9 Å². The standard InChI is InChI=1S/C26H38N8O4/c1-15(31-25(37)32-17-8-6-16(7-9-17)26(2,3)4)10-11-33(5)12-18-20(35)21(36)24(38-18)34-14-30-19-22(27)28-13-29-23(19)34/h6-9,13-15,18,20-21,24,35-36H,10-12H2,1-5H3,(H2,27,28,29)(H2,31,32,37)/t15?,18-,20-,21-,24-/m1/s1. The zero-order valence-corrected chi connectivity index (χ0v) is 22.5. The van der Waals surface area contributed by atoms with Crippen LogP contribution in [-0.4, -0.2) is 85.2 Å². The number of nitrogen functional groups attached to an aromatic ring is 1. The average molecular weight is 527 g/mol. The van der Waals surface area contributed by atoms with Gasteiger partial charge in [0.05, 0.1) is 6.33 Å². The number of carbonyl (C=O) groups is 1. The first-order valence-corrected chi connectivity index (χ1v) is 12.7. The van der Waals surface area contributed by atoms with Gasteiger partial charge in [-0.1, -0.05) is 32.9 Å². The predicted octanol–water partition coefficient (Wildman–Crippen LogP) is 1.86. The number of ether oxygens (including phenoxy) is 1. The molecular weight excluding hydrogens is 488 g/mol. The zero-order chi connectivity index (χ0) is 27.6. The van der Waals surface area contributed by atoms with E-state index in [4.69, 9.17) is 10.5 Å². The fourth-order valence-electron chi connectivity index (χ4n) is 4.50. The van der Waals surface area contributed by atoms with Crippen molar-refractivity contribution in [1.29, 1.82) is 0 Å². The normalized spacial score (nSPS) is 22.6. The smallest absolute Gasteiger partial charge is 0.319 e. The molecule has 1 saturated heterocycles. The number of amides is 2. The predicted molar refractivity (Wildman–Crippen MR) is 145 cm³/mol. The van der Waals surface area contributed by atoms with Crippen molar-refractivity contribution in [3.05, 3.63) is 42.5 Å². The number of aromatic nitrogens is 4. The fraction of sp³-hybridized carbons (Fsp3) is 0.538. The lowest BCUT2D eigenvalue weighted by atomic mass is 9.87. The maximum Gasteiger partial charge on any atom is 0.319 e. The number of likely N-dealkylation sites (N-methyl/N-ethyl adjacent to an activating group) is 1. The topological polar surface area (TPSA) is 164 Å². The molecule has 12 nitrogen and oxygen atoms in total. The first-order chi connectivity index (χ1) is 17.9. The van der Waals surface area contributed by atoms with Crippen molar-refractivity contribution in [2.24, 2.45) is 0 Å². The van der Waals surface area contributed by atoms with Gasteiger partial charge in [0.15, 0.2) is 17.7 Å². The van der Waals surface area contributed by atoms with Crippen LogP contribution >= 0.6 is 0 Å². The van der Waals surface area contributed by atoms with Gasteiger partial charge in [-0.3, -0.25) is 4.57 Å². The van der Waals surface area contributed by atoms with Crippen LogP contribution < -0.4 is 16.4 Å². The molecule has 0 spiro atoms. The molecule has 0 radical (unpaired) electrons. The molecule has 0 saturated carbocycles. The van der Waals surface area contributed by atoms with E-state index in [1.54, 1.807) is 4.57 Å². The molecule has 1 aliphatic rings. The number of nitrogens with one attached hydrogen (secondary N) is 2. The van der Waals surface area contributed by atoms with Gasteiger partial charge in [-0.05, 0) is 50.0 Å². The molecule has 3 heterocycles. The lowest BCUT2D eigenvalue weighted by molar-refractivity contribution is -0.0423. The largest absolute Gasteiger partial charge is 0.387 e. The van der Waals surface area contributed by atoms with Gasteiger partial charge < -0.3 is 36.2 Å². The molecule has 1 aromatic carbocycles. The number of anilines is 2.